The van der Waals surface area contributed by atoms with Gasteiger partial charge in [-0.25, -0.2) is 0 Å². The van der Waals surface area contributed by atoms with Crippen LogP contribution in [0.4, 0.5) is 0 Å². The van der Waals surface area contributed by atoms with E-state index in [0.717, 1.165) is 0 Å². The number of imide groups is 1. The molecule has 0 saturated carbocycles. The lowest BCUT2D eigenvalue weighted by Gasteiger charge is -2.05. The van der Waals surface area contributed by atoms with Crippen LogP contribution in [-0.4, -0.2) is 22.6 Å². The van der Waals surface area contributed by atoms with Crippen LogP contribution < -0.4 is 5.32 Å². The Morgan fingerprint density at radius 2 is 1.36 bits per heavy atom. The minimum atomic E-state index is -0.714. The molecule has 2 amide bonds. The molecule has 0 aliphatic heterocycles. The number of alkyl halides is 2. The average molecular weight is 198 g/mol. The van der Waals surface area contributed by atoms with Gasteiger partial charge in [0.25, 0.3) is 0 Å². The van der Waals surface area contributed by atoms with Crippen molar-refractivity contribution in [2.24, 2.45) is 0 Å². The van der Waals surface area contributed by atoms with Crippen molar-refractivity contribution in [1.29, 1.82) is 0 Å². The molecule has 0 rings (SSSR count). The van der Waals surface area contributed by atoms with Gasteiger partial charge in [-0.3, -0.25) is 14.9 Å². The average Bonchev–Trinajstić information content (AvgIpc) is 1.87. The zero-order valence-corrected chi connectivity index (χ0v) is 7.74. The largest absolute Gasteiger partial charge is 0.294 e. The smallest absolute Gasteiger partial charge is 0.244 e. The summed E-state index contributed by atoms with van der Waals surface area (Å²) in [5.74, 6) is -1.05. The van der Waals surface area contributed by atoms with E-state index in [2.05, 4.69) is 0 Å². The maximum atomic E-state index is 10.7. The van der Waals surface area contributed by atoms with E-state index in [1.54, 1.807) is 0 Å². The van der Waals surface area contributed by atoms with Crippen LogP contribution in [0.3, 0.4) is 0 Å². The molecule has 2 unspecified atom stereocenters. The van der Waals surface area contributed by atoms with Crippen LogP contribution in [0.5, 0.6) is 0 Å². The molecule has 0 aromatic carbocycles. The van der Waals surface area contributed by atoms with Gasteiger partial charge in [-0.05, 0) is 13.8 Å². The molecule has 2 atom stereocenters. The summed E-state index contributed by atoms with van der Waals surface area (Å²) in [4.78, 5) is 21.5. The molecular weight excluding hydrogens is 189 g/mol. The first-order chi connectivity index (χ1) is 4.95. The Balaban J connectivity index is 3.86. The van der Waals surface area contributed by atoms with E-state index in [0.29, 0.717) is 0 Å². The van der Waals surface area contributed by atoms with Gasteiger partial charge >= 0.3 is 0 Å². The van der Waals surface area contributed by atoms with Crippen LogP contribution in [0.1, 0.15) is 13.8 Å². The van der Waals surface area contributed by atoms with Crippen molar-refractivity contribution in [2.45, 2.75) is 24.6 Å². The summed E-state index contributed by atoms with van der Waals surface area (Å²) in [5, 5.41) is 0.610. The number of hydrogen-bond acceptors (Lipinski definition) is 2. The topological polar surface area (TPSA) is 46.2 Å². The third-order valence-electron chi connectivity index (χ3n) is 0.969. The van der Waals surface area contributed by atoms with Crippen LogP contribution in [-0.2, 0) is 9.59 Å². The summed E-state index contributed by atoms with van der Waals surface area (Å²) >= 11 is 10.7. The monoisotopic (exact) mass is 197 g/mol. The Labute approximate surface area is 75.0 Å². The normalized spacial score (nSPS) is 15.3. The number of hydrogen-bond donors (Lipinski definition) is 1. The molecule has 0 spiro atoms. The molecule has 0 aliphatic carbocycles. The maximum absolute atomic E-state index is 10.7. The molecule has 0 aromatic rings. The summed E-state index contributed by atoms with van der Waals surface area (Å²) in [7, 11) is 0. The number of amides is 2. The Kier molecular flexibility index (Phi) is 4.45. The minimum absolute atomic E-state index is 0.524. The Bertz CT molecular complexity index is 150. The highest BCUT2D eigenvalue weighted by Gasteiger charge is 2.15. The fourth-order valence-electron chi connectivity index (χ4n) is 0.320. The molecule has 0 fully saturated rings. The van der Waals surface area contributed by atoms with E-state index in [1.165, 1.54) is 13.8 Å². The van der Waals surface area contributed by atoms with E-state index < -0.39 is 22.6 Å². The van der Waals surface area contributed by atoms with Crippen molar-refractivity contribution in [1.82, 2.24) is 5.32 Å². The fraction of sp³-hybridized carbons (Fsp3) is 0.667. The van der Waals surface area contributed by atoms with Gasteiger partial charge in [-0.15, -0.1) is 23.2 Å². The summed E-state index contributed by atoms with van der Waals surface area (Å²) < 4.78 is 0. The lowest BCUT2D eigenvalue weighted by atomic mass is 10.4. The first-order valence-corrected chi connectivity index (χ1v) is 3.95. The molecule has 0 saturated heterocycles. The summed E-state index contributed by atoms with van der Waals surface area (Å²) in [6.07, 6.45) is 0. The Morgan fingerprint density at radius 3 is 1.55 bits per heavy atom. The van der Waals surface area contributed by atoms with Crippen molar-refractivity contribution in [2.75, 3.05) is 0 Å². The zero-order valence-electron chi connectivity index (χ0n) is 6.23. The van der Waals surface area contributed by atoms with E-state index in [9.17, 15) is 9.59 Å². The molecule has 0 aromatic heterocycles. The highest BCUT2D eigenvalue weighted by Crippen LogP contribution is 1.96. The van der Waals surface area contributed by atoms with E-state index in [1.807, 2.05) is 5.32 Å². The van der Waals surface area contributed by atoms with Gasteiger partial charge in [0.2, 0.25) is 11.8 Å². The molecule has 5 heteroatoms. The van der Waals surface area contributed by atoms with Crippen molar-refractivity contribution in [3.05, 3.63) is 0 Å². The van der Waals surface area contributed by atoms with Gasteiger partial charge in [-0.1, -0.05) is 0 Å². The summed E-state index contributed by atoms with van der Waals surface area (Å²) in [5.41, 5.74) is 0. The Morgan fingerprint density at radius 1 is 1.09 bits per heavy atom. The van der Waals surface area contributed by atoms with Crippen molar-refractivity contribution >= 4 is 35.0 Å². The van der Waals surface area contributed by atoms with Crippen LogP contribution in [0, 0.1) is 0 Å². The second kappa shape index (κ2) is 4.57. The molecule has 0 radical (unpaired) electrons. The van der Waals surface area contributed by atoms with Crippen LogP contribution >= 0.6 is 23.2 Å². The number of rotatable bonds is 2. The predicted octanol–water partition coefficient (Wildman–Crippen LogP) is 0.884. The van der Waals surface area contributed by atoms with Gasteiger partial charge in [0, 0.05) is 0 Å². The van der Waals surface area contributed by atoms with Crippen molar-refractivity contribution in [3.63, 3.8) is 0 Å². The summed E-state index contributed by atoms with van der Waals surface area (Å²) in [6.45, 7) is 2.95. The maximum Gasteiger partial charge on any atom is 0.244 e. The van der Waals surface area contributed by atoms with Gasteiger partial charge in [0.1, 0.15) is 10.8 Å². The number of halogens is 2. The van der Waals surface area contributed by atoms with Crippen LogP contribution in [0.2, 0.25) is 0 Å². The van der Waals surface area contributed by atoms with Gasteiger partial charge < -0.3 is 0 Å². The van der Waals surface area contributed by atoms with Crippen LogP contribution in [0.15, 0.2) is 0 Å². The highest BCUT2D eigenvalue weighted by atomic mass is 35.5. The predicted molar refractivity (Wildman–Crippen MR) is 43.8 cm³/mol. The third kappa shape index (κ3) is 4.22. The standard InChI is InChI=1S/C6H9Cl2NO2/c1-3(7)5(10)9-6(11)4(2)8/h3-4H,1-2H3,(H,9,10,11). The molecule has 0 bridgehead atoms. The molecule has 0 heterocycles. The van der Waals surface area contributed by atoms with E-state index >= 15 is 0 Å². The number of carbonyl (C=O) groups excluding carboxylic acids is 2. The lowest BCUT2D eigenvalue weighted by molar-refractivity contribution is -0.129. The molecular formula is C6H9Cl2NO2. The Hall–Kier alpha value is -0.280. The summed E-state index contributed by atoms with van der Waals surface area (Å²) in [6, 6.07) is 0. The fourth-order valence-corrected chi connectivity index (χ4v) is 0.429. The quantitative estimate of drug-likeness (QED) is 0.669. The van der Waals surface area contributed by atoms with Gasteiger partial charge in [-0.2, -0.15) is 0 Å². The lowest BCUT2D eigenvalue weighted by Crippen LogP contribution is -2.38. The molecule has 64 valence electrons. The molecule has 0 aliphatic rings. The van der Waals surface area contributed by atoms with Crippen molar-refractivity contribution < 1.29 is 9.59 Å². The number of nitrogens with one attached hydrogen (secondary N) is 1. The minimum Gasteiger partial charge on any atom is -0.294 e. The number of carbonyl (C=O) groups is 2. The SMILES string of the molecule is CC(Cl)C(=O)NC(=O)C(C)Cl. The molecule has 1 N–H and O–H groups in total. The van der Waals surface area contributed by atoms with Crippen LogP contribution in [0.25, 0.3) is 0 Å². The van der Waals surface area contributed by atoms with Crippen molar-refractivity contribution in [3.8, 4) is 0 Å². The highest BCUT2D eigenvalue weighted by molar-refractivity contribution is 6.34. The molecule has 11 heavy (non-hydrogen) atoms. The van der Waals surface area contributed by atoms with Gasteiger partial charge in [0.05, 0.1) is 0 Å². The van der Waals surface area contributed by atoms with E-state index in [4.69, 9.17) is 23.2 Å². The van der Waals surface area contributed by atoms with E-state index in [-0.39, 0.29) is 0 Å². The first-order valence-electron chi connectivity index (χ1n) is 3.08. The second-order valence-electron chi connectivity index (χ2n) is 2.09. The second-order valence-corrected chi connectivity index (χ2v) is 3.39. The first kappa shape index (κ1) is 10.7. The molecule has 3 nitrogen and oxygen atoms in total. The third-order valence-corrected chi connectivity index (χ3v) is 1.37. The zero-order chi connectivity index (χ0) is 9.02. The van der Waals surface area contributed by atoms with Gasteiger partial charge in [0.15, 0.2) is 0 Å².